The van der Waals surface area contributed by atoms with Crippen LogP contribution in [0.4, 0.5) is 26.3 Å². The molecule has 0 unspecified atom stereocenters. The van der Waals surface area contributed by atoms with E-state index in [1.807, 2.05) is 6.07 Å². The highest BCUT2D eigenvalue weighted by Gasteiger charge is 2.27. The summed E-state index contributed by atoms with van der Waals surface area (Å²) in [6.07, 6.45) is -4.84. The van der Waals surface area contributed by atoms with Gasteiger partial charge in [0, 0.05) is 30.2 Å². The average molecular weight is 641 g/mol. The summed E-state index contributed by atoms with van der Waals surface area (Å²) in [5, 5.41) is 18.3. The molecule has 0 bridgehead atoms. The molecule has 2 heterocycles. The summed E-state index contributed by atoms with van der Waals surface area (Å²) in [5.41, 5.74) is 0.467. The third kappa shape index (κ3) is 7.44. The van der Waals surface area contributed by atoms with Crippen LogP contribution < -0.4 is 4.74 Å². The van der Waals surface area contributed by atoms with E-state index in [0.29, 0.717) is 5.52 Å². The van der Waals surface area contributed by atoms with Crippen LogP contribution in [0.25, 0.3) is 22.3 Å². The number of nitriles is 1. The van der Waals surface area contributed by atoms with Gasteiger partial charge in [0.1, 0.15) is 36.5 Å². The van der Waals surface area contributed by atoms with Crippen molar-refractivity contribution in [2.75, 3.05) is 13.2 Å². The average Bonchev–Trinajstić information content (AvgIpc) is 3.35. The van der Waals surface area contributed by atoms with Crippen LogP contribution >= 0.6 is 0 Å². The third-order valence-electron chi connectivity index (χ3n) is 6.84. The summed E-state index contributed by atoms with van der Waals surface area (Å²) in [4.78, 5) is 20.1. The molecule has 0 aliphatic heterocycles. The van der Waals surface area contributed by atoms with Crippen LogP contribution in [0.2, 0.25) is 0 Å². The molecule has 0 fully saturated rings. The second-order valence-electron chi connectivity index (χ2n) is 10.0. The molecule has 3 aromatic carbocycles. The maximum Gasteiger partial charge on any atom is 0.411 e. The molecule has 0 aliphatic carbocycles. The van der Waals surface area contributed by atoms with Crippen molar-refractivity contribution < 1.29 is 45.7 Å². The van der Waals surface area contributed by atoms with Crippen molar-refractivity contribution in [3.8, 4) is 23.2 Å². The molecule has 0 amide bonds. The van der Waals surface area contributed by atoms with E-state index >= 15 is 8.78 Å². The Bertz CT molecular complexity index is 1970. The number of carboxylic acids is 1. The molecule has 1 N–H and O–H groups in total. The number of hydrogen-bond acceptors (Lipinski definition) is 6. The fourth-order valence-electron chi connectivity index (χ4n) is 4.65. The number of benzene rings is 3. The Balaban J connectivity index is 1.39. The van der Waals surface area contributed by atoms with Gasteiger partial charge in [-0.05, 0) is 54.1 Å². The molecule has 0 aliphatic rings. The van der Waals surface area contributed by atoms with Gasteiger partial charge in [0.15, 0.2) is 0 Å². The molecule has 5 aromatic rings. The Morgan fingerprint density at radius 3 is 2.43 bits per heavy atom. The third-order valence-corrected chi connectivity index (χ3v) is 6.84. The fraction of sp³-hybridized carbons (Fsp3) is 0.188. The van der Waals surface area contributed by atoms with Crippen LogP contribution in [0.5, 0.6) is 5.88 Å². The molecule has 14 heteroatoms. The van der Waals surface area contributed by atoms with Gasteiger partial charge in [-0.15, -0.1) is 0 Å². The maximum atomic E-state index is 15.4. The number of pyridine rings is 1. The number of halogens is 6. The minimum absolute atomic E-state index is 0.00679. The predicted molar refractivity (Wildman–Crippen MR) is 151 cm³/mol. The molecular weight excluding hydrogens is 618 g/mol. The lowest BCUT2D eigenvalue weighted by atomic mass is 10.0. The second-order valence-corrected chi connectivity index (χ2v) is 10.0. The highest BCUT2D eigenvalue weighted by atomic mass is 19.4. The smallest absolute Gasteiger partial charge is 0.411 e. The molecule has 0 saturated carbocycles. The highest BCUT2D eigenvalue weighted by Crippen LogP contribution is 2.28. The summed E-state index contributed by atoms with van der Waals surface area (Å²) in [7, 11) is 0. The number of carbonyl (C=O) groups is 1. The van der Waals surface area contributed by atoms with Crippen LogP contribution in [0.1, 0.15) is 32.9 Å². The van der Waals surface area contributed by atoms with Crippen LogP contribution in [-0.2, 0) is 24.3 Å². The minimum atomic E-state index is -4.55. The fourth-order valence-corrected chi connectivity index (χ4v) is 4.65. The van der Waals surface area contributed by atoms with Gasteiger partial charge in [0.25, 0.3) is 0 Å². The van der Waals surface area contributed by atoms with Crippen molar-refractivity contribution in [3.63, 3.8) is 0 Å². The van der Waals surface area contributed by atoms with Gasteiger partial charge in [-0.2, -0.15) is 18.4 Å². The monoisotopic (exact) mass is 640 g/mol. The summed E-state index contributed by atoms with van der Waals surface area (Å²) >= 11 is 0. The van der Waals surface area contributed by atoms with Gasteiger partial charge < -0.3 is 19.1 Å². The van der Waals surface area contributed by atoms with Gasteiger partial charge in [-0.1, -0.05) is 12.1 Å². The Hall–Kier alpha value is -5.42. The maximum absolute atomic E-state index is 15.4. The van der Waals surface area contributed by atoms with E-state index in [1.165, 1.54) is 53.1 Å². The van der Waals surface area contributed by atoms with Crippen LogP contribution in [0.15, 0.2) is 66.7 Å². The topological polar surface area (TPSA) is 110 Å². The first-order valence-corrected chi connectivity index (χ1v) is 13.6. The van der Waals surface area contributed by atoms with Gasteiger partial charge in [-0.3, -0.25) is 0 Å². The largest absolute Gasteiger partial charge is 0.478 e. The van der Waals surface area contributed by atoms with Crippen molar-refractivity contribution in [1.29, 1.82) is 5.26 Å². The minimum Gasteiger partial charge on any atom is -0.478 e. The lowest BCUT2D eigenvalue weighted by Gasteiger charge is -2.13. The number of imidazole rings is 1. The number of aromatic carboxylic acids is 1. The van der Waals surface area contributed by atoms with Gasteiger partial charge >= 0.3 is 12.1 Å². The zero-order valence-corrected chi connectivity index (χ0v) is 23.6. The molecule has 2 aromatic heterocycles. The lowest BCUT2D eigenvalue weighted by Crippen LogP contribution is -2.19. The summed E-state index contributed by atoms with van der Waals surface area (Å²) < 4.78 is 94.4. The van der Waals surface area contributed by atoms with E-state index in [9.17, 15) is 27.5 Å². The van der Waals surface area contributed by atoms with Crippen molar-refractivity contribution in [2.45, 2.75) is 25.7 Å². The number of hydrogen-bond donors (Lipinski definition) is 1. The number of fused-ring (bicyclic) bond motifs is 1. The quantitative estimate of drug-likeness (QED) is 0.124. The zero-order valence-electron chi connectivity index (χ0n) is 23.6. The van der Waals surface area contributed by atoms with E-state index in [0.717, 1.165) is 18.2 Å². The number of rotatable bonds is 11. The Kier molecular flexibility index (Phi) is 9.24. The first kappa shape index (κ1) is 32.0. The van der Waals surface area contributed by atoms with E-state index in [1.54, 1.807) is 0 Å². The Labute approximate surface area is 257 Å². The van der Waals surface area contributed by atoms with E-state index in [4.69, 9.17) is 14.7 Å². The molecule has 0 saturated heterocycles. The molecule has 236 valence electrons. The van der Waals surface area contributed by atoms with Gasteiger partial charge in [0.05, 0.1) is 40.5 Å². The molecule has 8 nitrogen and oxygen atoms in total. The number of carboxylic acid groups (broad SMARTS) is 1. The Morgan fingerprint density at radius 1 is 0.935 bits per heavy atom. The van der Waals surface area contributed by atoms with Crippen LogP contribution in [-0.4, -0.2) is 45.0 Å². The van der Waals surface area contributed by atoms with Crippen molar-refractivity contribution in [1.82, 2.24) is 14.5 Å². The van der Waals surface area contributed by atoms with Crippen molar-refractivity contribution >= 4 is 17.0 Å². The second kappa shape index (κ2) is 13.3. The van der Waals surface area contributed by atoms with Crippen LogP contribution in [0, 0.1) is 28.8 Å². The molecule has 0 radical (unpaired) electrons. The highest BCUT2D eigenvalue weighted by molar-refractivity contribution is 5.92. The molecule has 0 spiro atoms. The standard InChI is InChI=1S/C32H22F6N4O4/c33-23-10-18(15-39)4-5-20(23)16-46-30-3-1-2-26(41-30)22-14-24(34)21(11-25(22)35)13-29-40-27-7-6-19(31(43)44)12-28(27)42(29)8-9-45-17-32(36,37)38/h1-7,10-12,14H,8-9,13,16-17H2,(H,43,44). The van der Waals surface area contributed by atoms with Gasteiger partial charge in [0.2, 0.25) is 5.88 Å². The van der Waals surface area contributed by atoms with E-state index in [2.05, 4.69) is 9.97 Å². The number of nitrogens with zero attached hydrogens (tertiary/aromatic N) is 4. The van der Waals surface area contributed by atoms with Gasteiger partial charge in [-0.25, -0.2) is 27.9 Å². The normalized spacial score (nSPS) is 11.5. The molecular formula is C32H22F6N4O4. The molecule has 5 rings (SSSR count). The Morgan fingerprint density at radius 2 is 1.72 bits per heavy atom. The number of ether oxygens (including phenoxy) is 2. The number of aromatic nitrogens is 3. The first-order valence-electron chi connectivity index (χ1n) is 13.6. The lowest BCUT2D eigenvalue weighted by molar-refractivity contribution is -0.174. The van der Waals surface area contributed by atoms with E-state index < -0.39 is 42.8 Å². The van der Waals surface area contributed by atoms with E-state index in [-0.39, 0.29) is 70.3 Å². The molecule has 0 atom stereocenters. The van der Waals surface area contributed by atoms with Crippen LogP contribution in [0.3, 0.4) is 0 Å². The first-order chi connectivity index (χ1) is 21.9. The van der Waals surface area contributed by atoms with Crippen molar-refractivity contribution in [2.24, 2.45) is 0 Å². The SMILES string of the molecule is N#Cc1ccc(COc2cccc(-c3cc(F)c(Cc4nc5ccc(C(=O)O)cc5n4CCOCC(F)(F)F)cc3F)n2)c(F)c1. The molecule has 46 heavy (non-hydrogen) atoms. The summed E-state index contributed by atoms with van der Waals surface area (Å²) in [5.74, 6) is -3.41. The summed E-state index contributed by atoms with van der Waals surface area (Å²) in [6, 6.07) is 15.9. The number of alkyl halides is 3. The summed E-state index contributed by atoms with van der Waals surface area (Å²) in [6.45, 7) is -2.31. The van der Waals surface area contributed by atoms with Crippen molar-refractivity contribution in [3.05, 3.63) is 112 Å². The predicted octanol–water partition coefficient (Wildman–Crippen LogP) is 6.83. The zero-order chi connectivity index (χ0) is 33.0.